The monoisotopic (exact) mass is 271 g/mol. The average Bonchev–Trinajstić information content (AvgIpc) is 2.46. The van der Waals surface area contributed by atoms with Crippen molar-refractivity contribution in [2.75, 3.05) is 24.8 Å². The summed E-state index contributed by atoms with van der Waals surface area (Å²) < 4.78 is 4.70. The van der Waals surface area contributed by atoms with Gasteiger partial charge in [-0.15, -0.1) is 0 Å². The number of nitrogens with two attached hydrogens (primary N) is 1. The molecule has 2 rings (SSSR count). The molecule has 5 nitrogen and oxygen atoms in total. The van der Waals surface area contributed by atoms with E-state index >= 15 is 0 Å². The number of methoxy groups -OCH3 is 1. The number of aromatic nitrogens is 1. The SMILES string of the molecule is COC(=O)c1ccnc(N(C)Cc2cccc(N)c2)c1. The van der Waals surface area contributed by atoms with Crippen LogP contribution in [0, 0.1) is 0 Å². The summed E-state index contributed by atoms with van der Waals surface area (Å²) >= 11 is 0. The summed E-state index contributed by atoms with van der Waals surface area (Å²) in [6.07, 6.45) is 1.59. The minimum absolute atomic E-state index is 0.369. The predicted molar refractivity (Wildman–Crippen MR) is 78.5 cm³/mol. The molecule has 0 aliphatic heterocycles. The summed E-state index contributed by atoms with van der Waals surface area (Å²) in [4.78, 5) is 17.7. The molecule has 1 aromatic carbocycles. The molecule has 1 aromatic heterocycles. The van der Waals surface area contributed by atoms with Crippen LogP contribution in [0.1, 0.15) is 15.9 Å². The van der Waals surface area contributed by atoms with Gasteiger partial charge in [0.2, 0.25) is 0 Å². The number of carbonyl (C=O) groups excluding carboxylic acids is 1. The van der Waals surface area contributed by atoms with Crippen molar-refractivity contribution in [3.8, 4) is 0 Å². The number of benzene rings is 1. The molecule has 2 aromatic rings. The highest BCUT2D eigenvalue weighted by molar-refractivity contribution is 5.90. The van der Waals surface area contributed by atoms with Gasteiger partial charge in [0.1, 0.15) is 5.82 Å². The summed E-state index contributed by atoms with van der Waals surface area (Å²) in [5, 5.41) is 0. The topological polar surface area (TPSA) is 68.5 Å². The lowest BCUT2D eigenvalue weighted by molar-refractivity contribution is 0.0600. The molecule has 0 unspecified atom stereocenters. The van der Waals surface area contributed by atoms with Gasteiger partial charge in [-0.25, -0.2) is 9.78 Å². The third kappa shape index (κ3) is 3.26. The number of hydrogen-bond acceptors (Lipinski definition) is 5. The number of rotatable bonds is 4. The second-order valence-electron chi connectivity index (χ2n) is 4.50. The molecule has 104 valence electrons. The first-order valence-electron chi connectivity index (χ1n) is 6.20. The fourth-order valence-corrected chi connectivity index (χ4v) is 1.92. The lowest BCUT2D eigenvalue weighted by Crippen LogP contribution is -2.18. The second-order valence-corrected chi connectivity index (χ2v) is 4.50. The van der Waals surface area contributed by atoms with Crippen LogP contribution in [0.5, 0.6) is 0 Å². The molecule has 5 heteroatoms. The molecule has 0 atom stereocenters. The molecular formula is C15H17N3O2. The number of pyridine rings is 1. The molecule has 0 saturated heterocycles. The summed E-state index contributed by atoms with van der Waals surface area (Å²) in [6.45, 7) is 0.655. The van der Waals surface area contributed by atoms with Crippen LogP contribution in [0.3, 0.4) is 0 Å². The summed E-state index contributed by atoms with van der Waals surface area (Å²) in [7, 11) is 3.27. The van der Waals surface area contributed by atoms with Crippen molar-refractivity contribution < 1.29 is 9.53 Å². The van der Waals surface area contributed by atoms with Crippen LogP contribution in [0.2, 0.25) is 0 Å². The molecule has 2 N–H and O–H groups in total. The molecule has 0 bridgehead atoms. The van der Waals surface area contributed by atoms with E-state index in [0.717, 1.165) is 11.3 Å². The Labute approximate surface area is 118 Å². The van der Waals surface area contributed by atoms with Gasteiger partial charge in [-0.05, 0) is 29.8 Å². The van der Waals surface area contributed by atoms with E-state index in [4.69, 9.17) is 10.5 Å². The number of anilines is 2. The van der Waals surface area contributed by atoms with Gasteiger partial charge < -0.3 is 15.4 Å². The molecule has 0 amide bonds. The maximum absolute atomic E-state index is 11.5. The predicted octanol–water partition coefficient (Wildman–Crippen LogP) is 2.09. The fourth-order valence-electron chi connectivity index (χ4n) is 1.92. The standard InChI is InChI=1S/C15H17N3O2/c1-18(10-11-4-3-5-13(16)8-11)14-9-12(6-7-17-14)15(19)20-2/h3-9H,10,16H2,1-2H3. The quantitative estimate of drug-likeness (QED) is 0.681. The zero-order valence-electron chi connectivity index (χ0n) is 11.5. The Hall–Kier alpha value is -2.56. The van der Waals surface area contributed by atoms with Crippen molar-refractivity contribution in [1.29, 1.82) is 0 Å². The zero-order chi connectivity index (χ0) is 14.5. The molecule has 0 radical (unpaired) electrons. The Balaban J connectivity index is 2.17. The lowest BCUT2D eigenvalue weighted by atomic mass is 10.2. The molecule has 20 heavy (non-hydrogen) atoms. The Kier molecular flexibility index (Phi) is 4.20. The van der Waals surface area contributed by atoms with Crippen molar-refractivity contribution >= 4 is 17.5 Å². The van der Waals surface area contributed by atoms with Crippen LogP contribution in [-0.4, -0.2) is 25.1 Å². The Bertz CT molecular complexity index is 614. The Morgan fingerprint density at radius 2 is 2.15 bits per heavy atom. The van der Waals surface area contributed by atoms with Gasteiger partial charge in [-0.1, -0.05) is 12.1 Å². The van der Waals surface area contributed by atoms with Gasteiger partial charge in [0.25, 0.3) is 0 Å². The van der Waals surface area contributed by atoms with Crippen molar-refractivity contribution in [2.45, 2.75) is 6.54 Å². The van der Waals surface area contributed by atoms with Gasteiger partial charge in [-0.2, -0.15) is 0 Å². The highest BCUT2D eigenvalue weighted by atomic mass is 16.5. The largest absolute Gasteiger partial charge is 0.465 e. The van der Waals surface area contributed by atoms with Crippen molar-refractivity contribution in [2.24, 2.45) is 0 Å². The molecule has 0 aliphatic rings. The average molecular weight is 271 g/mol. The van der Waals surface area contributed by atoms with Gasteiger partial charge in [0.15, 0.2) is 0 Å². The van der Waals surface area contributed by atoms with E-state index in [2.05, 4.69) is 4.98 Å². The van der Waals surface area contributed by atoms with Crippen LogP contribution in [0.25, 0.3) is 0 Å². The van der Waals surface area contributed by atoms with Gasteiger partial charge >= 0.3 is 5.97 Å². The van der Waals surface area contributed by atoms with E-state index in [9.17, 15) is 4.79 Å². The number of nitrogen functional groups attached to an aromatic ring is 1. The third-order valence-electron chi connectivity index (χ3n) is 2.93. The van der Waals surface area contributed by atoms with Gasteiger partial charge in [0, 0.05) is 25.5 Å². The minimum Gasteiger partial charge on any atom is -0.465 e. The Morgan fingerprint density at radius 1 is 1.35 bits per heavy atom. The normalized spacial score (nSPS) is 10.1. The smallest absolute Gasteiger partial charge is 0.338 e. The highest BCUT2D eigenvalue weighted by Crippen LogP contribution is 2.16. The third-order valence-corrected chi connectivity index (χ3v) is 2.93. The van der Waals surface area contributed by atoms with E-state index in [1.165, 1.54) is 7.11 Å². The number of esters is 1. The molecule has 0 aliphatic carbocycles. The van der Waals surface area contributed by atoms with E-state index in [1.807, 2.05) is 36.2 Å². The molecule has 0 fully saturated rings. The maximum atomic E-state index is 11.5. The molecule has 0 saturated carbocycles. The van der Waals surface area contributed by atoms with Gasteiger partial charge in [0.05, 0.1) is 12.7 Å². The number of nitrogens with zero attached hydrogens (tertiary/aromatic N) is 2. The van der Waals surface area contributed by atoms with Crippen molar-refractivity contribution in [3.05, 3.63) is 53.7 Å². The summed E-state index contributed by atoms with van der Waals surface area (Å²) in [5.74, 6) is 0.335. The van der Waals surface area contributed by atoms with Crippen LogP contribution >= 0.6 is 0 Å². The molecule has 1 heterocycles. The Morgan fingerprint density at radius 3 is 2.85 bits per heavy atom. The minimum atomic E-state index is -0.369. The maximum Gasteiger partial charge on any atom is 0.338 e. The number of hydrogen-bond donors (Lipinski definition) is 1. The fraction of sp³-hybridized carbons (Fsp3) is 0.200. The first kappa shape index (κ1) is 13.9. The van der Waals surface area contributed by atoms with E-state index in [1.54, 1.807) is 18.3 Å². The second kappa shape index (κ2) is 6.06. The van der Waals surface area contributed by atoms with Crippen LogP contribution in [0.15, 0.2) is 42.6 Å². The van der Waals surface area contributed by atoms with Gasteiger partial charge in [-0.3, -0.25) is 0 Å². The number of ether oxygens (including phenoxy) is 1. The zero-order valence-corrected chi connectivity index (χ0v) is 11.5. The number of carbonyl (C=O) groups is 1. The first-order chi connectivity index (χ1) is 9.60. The highest BCUT2D eigenvalue weighted by Gasteiger charge is 2.09. The van der Waals surface area contributed by atoms with Crippen LogP contribution in [-0.2, 0) is 11.3 Å². The van der Waals surface area contributed by atoms with Crippen molar-refractivity contribution in [3.63, 3.8) is 0 Å². The lowest BCUT2D eigenvalue weighted by Gasteiger charge is -2.18. The first-order valence-corrected chi connectivity index (χ1v) is 6.20. The van der Waals surface area contributed by atoms with Crippen LogP contribution < -0.4 is 10.6 Å². The summed E-state index contributed by atoms with van der Waals surface area (Å²) in [5.41, 5.74) is 8.05. The van der Waals surface area contributed by atoms with E-state index in [0.29, 0.717) is 17.9 Å². The van der Waals surface area contributed by atoms with Crippen LogP contribution in [0.4, 0.5) is 11.5 Å². The van der Waals surface area contributed by atoms with Crippen molar-refractivity contribution in [1.82, 2.24) is 4.98 Å². The molecule has 0 spiro atoms. The summed E-state index contributed by atoms with van der Waals surface area (Å²) in [6, 6.07) is 11.0. The molecular weight excluding hydrogens is 254 g/mol. The van der Waals surface area contributed by atoms with E-state index < -0.39 is 0 Å². The van der Waals surface area contributed by atoms with E-state index in [-0.39, 0.29) is 5.97 Å².